The monoisotopic (exact) mass is 245 g/mol. The molecule has 0 aliphatic carbocycles. The van der Waals surface area contributed by atoms with E-state index in [0.717, 1.165) is 4.90 Å². The van der Waals surface area contributed by atoms with Gasteiger partial charge in [-0.3, -0.25) is 0 Å². The molecule has 5 nitrogen and oxygen atoms in total. The average molecular weight is 245 g/mol. The number of hydrogen-bond donors (Lipinski definition) is 1. The predicted molar refractivity (Wildman–Crippen MR) is 58.2 cm³/mol. The molecule has 1 heterocycles. The highest BCUT2D eigenvalue weighted by Crippen LogP contribution is 2.21. The molecule has 0 aromatic rings. The number of carboxylic acids is 1. The quantitative estimate of drug-likeness (QED) is 0.766. The first kappa shape index (κ1) is 13.5. The number of carboxylic acid groups (broad SMARTS) is 1. The van der Waals surface area contributed by atoms with Gasteiger partial charge in [0, 0.05) is 6.54 Å². The Balaban J connectivity index is 2.68. The molecule has 0 radical (unpaired) electrons. The molecule has 17 heavy (non-hydrogen) atoms. The average Bonchev–Trinajstić information content (AvgIpc) is 2.14. The third kappa shape index (κ3) is 3.72. The van der Waals surface area contributed by atoms with Gasteiger partial charge in [0.25, 0.3) is 0 Å². The number of halogens is 1. The Kier molecular flexibility index (Phi) is 3.75. The zero-order valence-corrected chi connectivity index (χ0v) is 10.1. The van der Waals surface area contributed by atoms with E-state index in [1.807, 2.05) is 0 Å². The van der Waals surface area contributed by atoms with Crippen LogP contribution in [-0.2, 0) is 9.53 Å². The van der Waals surface area contributed by atoms with E-state index in [-0.39, 0.29) is 25.1 Å². The van der Waals surface area contributed by atoms with Crippen molar-refractivity contribution in [3.8, 4) is 0 Å². The number of rotatable bonds is 1. The second-order valence-corrected chi connectivity index (χ2v) is 4.84. The van der Waals surface area contributed by atoms with Gasteiger partial charge in [0.05, 0.1) is 12.1 Å². The van der Waals surface area contributed by atoms with Gasteiger partial charge >= 0.3 is 12.1 Å². The summed E-state index contributed by atoms with van der Waals surface area (Å²) in [5.41, 5.74) is -0.908. The minimum atomic E-state index is -1.27. The van der Waals surface area contributed by atoms with Gasteiger partial charge in [0.15, 0.2) is 0 Å². The Morgan fingerprint density at radius 2 is 2.00 bits per heavy atom. The predicted octanol–water partition coefficient (Wildman–Crippen LogP) is 1.94. The lowest BCUT2D eigenvalue weighted by Gasteiger charge is -2.29. The largest absolute Gasteiger partial charge is 0.478 e. The van der Waals surface area contributed by atoms with Gasteiger partial charge in [0.1, 0.15) is 11.4 Å². The minimum absolute atomic E-state index is 0.000406. The lowest BCUT2D eigenvalue weighted by atomic mass is 10.1. The fourth-order valence-corrected chi connectivity index (χ4v) is 1.43. The summed E-state index contributed by atoms with van der Waals surface area (Å²) in [6.07, 6.45) is -0.627. The normalized spacial score (nSPS) is 17.1. The summed E-state index contributed by atoms with van der Waals surface area (Å²) in [7, 11) is 0. The summed E-state index contributed by atoms with van der Waals surface area (Å²) in [5, 5.41) is 8.69. The molecule has 1 rings (SSSR count). The Morgan fingerprint density at radius 3 is 2.41 bits per heavy atom. The SMILES string of the molecule is CC(C)(C)OC(=O)N1CCC(C(=O)O)=C(F)C1. The van der Waals surface area contributed by atoms with E-state index < -0.39 is 23.5 Å². The number of carbonyl (C=O) groups is 2. The second kappa shape index (κ2) is 4.73. The van der Waals surface area contributed by atoms with Crippen LogP contribution in [0.4, 0.5) is 9.18 Å². The van der Waals surface area contributed by atoms with Crippen molar-refractivity contribution in [3.63, 3.8) is 0 Å². The Morgan fingerprint density at radius 1 is 1.41 bits per heavy atom. The van der Waals surface area contributed by atoms with Gasteiger partial charge in [-0.05, 0) is 27.2 Å². The summed E-state index contributed by atoms with van der Waals surface area (Å²) in [5.74, 6) is -2.05. The molecule has 6 heteroatoms. The number of amides is 1. The Bertz CT molecular complexity index is 370. The van der Waals surface area contributed by atoms with Crippen LogP contribution in [0.1, 0.15) is 27.2 Å². The fourth-order valence-electron chi connectivity index (χ4n) is 1.43. The van der Waals surface area contributed by atoms with Gasteiger partial charge in [-0.1, -0.05) is 0 Å². The van der Waals surface area contributed by atoms with E-state index in [0.29, 0.717) is 0 Å². The van der Waals surface area contributed by atoms with Crippen LogP contribution in [0, 0.1) is 0 Å². The molecule has 1 amide bonds. The number of aliphatic carboxylic acids is 1. The molecule has 0 saturated heterocycles. The number of ether oxygens (including phenoxy) is 1. The topological polar surface area (TPSA) is 66.8 Å². The van der Waals surface area contributed by atoms with E-state index in [9.17, 15) is 14.0 Å². The van der Waals surface area contributed by atoms with Crippen molar-refractivity contribution >= 4 is 12.1 Å². The molecule has 0 aromatic carbocycles. The molecule has 0 bridgehead atoms. The molecule has 0 saturated carbocycles. The smallest absolute Gasteiger partial charge is 0.410 e. The van der Waals surface area contributed by atoms with Crippen molar-refractivity contribution in [1.82, 2.24) is 4.90 Å². The maximum Gasteiger partial charge on any atom is 0.410 e. The third-order valence-electron chi connectivity index (χ3n) is 2.20. The Labute approximate surface area is 98.8 Å². The number of carbonyl (C=O) groups excluding carboxylic acids is 1. The summed E-state index contributed by atoms with van der Waals surface area (Å²) < 4.78 is 18.5. The lowest BCUT2D eigenvalue weighted by molar-refractivity contribution is -0.133. The number of nitrogens with zero attached hydrogens (tertiary/aromatic N) is 1. The first-order chi connectivity index (χ1) is 7.70. The third-order valence-corrected chi connectivity index (χ3v) is 2.20. The van der Waals surface area contributed by atoms with E-state index in [1.165, 1.54) is 0 Å². The molecule has 1 aliphatic heterocycles. The maximum atomic E-state index is 13.4. The summed E-state index contributed by atoms with van der Waals surface area (Å²) >= 11 is 0. The highest BCUT2D eigenvalue weighted by atomic mass is 19.1. The van der Waals surface area contributed by atoms with Crippen LogP contribution in [0.2, 0.25) is 0 Å². The van der Waals surface area contributed by atoms with Gasteiger partial charge in [-0.25, -0.2) is 14.0 Å². The standard InChI is InChI=1S/C11H16FNO4/c1-11(2,3)17-10(16)13-5-4-7(9(14)15)8(12)6-13/h4-6H2,1-3H3,(H,14,15). The summed E-state index contributed by atoms with van der Waals surface area (Å²) in [6.45, 7) is 4.96. The van der Waals surface area contributed by atoms with Crippen molar-refractivity contribution in [1.29, 1.82) is 0 Å². The van der Waals surface area contributed by atoms with Crippen LogP contribution in [0.3, 0.4) is 0 Å². The fraction of sp³-hybridized carbons (Fsp3) is 0.636. The molecule has 0 spiro atoms. The van der Waals surface area contributed by atoms with Gasteiger partial charge in [-0.15, -0.1) is 0 Å². The molecule has 1 aliphatic rings. The van der Waals surface area contributed by atoms with E-state index >= 15 is 0 Å². The van der Waals surface area contributed by atoms with Crippen LogP contribution >= 0.6 is 0 Å². The first-order valence-corrected chi connectivity index (χ1v) is 5.29. The van der Waals surface area contributed by atoms with Gasteiger partial charge in [-0.2, -0.15) is 0 Å². The van der Waals surface area contributed by atoms with Crippen molar-refractivity contribution in [3.05, 3.63) is 11.4 Å². The Hall–Kier alpha value is -1.59. The van der Waals surface area contributed by atoms with Crippen molar-refractivity contribution in [2.75, 3.05) is 13.1 Å². The minimum Gasteiger partial charge on any atom is -0.478 e. The van der Waals surface area contributed by atoms with E-state index in [4.69, 9.17) is 9.84 Å². The highest BCUT2D eigenvalue weighted by Gasteiger charge is 2.29. The van der Waals surface area contributed by atoms with Crippen LogP contribution in [0.15, 0.2) is 11.4 Å². The van der Waals surface area contributed by atoms with E-state index in [2.05, 4.69) is 0 Å². The first-order valence-electron chi connectivity index (χ1n) is 5.29. The van der Waals surface area contributed by atoms with Crippen LogP contribution in [0.25, 0.3) is 0 Å². The summed E-state index contributed by atoms with van der Waals surface area (Å²) in [6, 6.07) is 0. The number of hydrogen-bond acceptors (Lipinski definition) is 3. The van der Waals surface area contributed by atoms with Crippen molar-refractivity contribution in [2.45, 2.75) is 32.8 Å². The van der Waals surface area contributed by atoms with Gasteiger partial charge < -0.3 is 14.7 Å². The molecule has 0 fully saturated rings. The molecule has 96 valence electrons. The molecule has 1 N–H and O–H groups in total. The van der Waals surface area contributed by atoms with Crippen LogP contribution in [-0.4, -0.2) is 40.8 Å². The van der Waals surface area contributed by atoms with Crippen molar-refractivity contribution < 1.29 is 23.8 Å². The lowest BCUT2D eigenvalue weighted by Crippen LogP contribution is -2.41. The highest BCUT2D eigenvalue weighted by molar-refractivity contribution is 5.87. The second-order valence-electron chi connectivity index (χ2n) is 4.84. The van der Waals surface area contributed by atoms with Crippen LogP contribution < -0.4 is 0 Å². The molecule has 0 atom stereocenters. The molecular weight excluding hydrogens is 229 g/mol. The van der Waals surface area contributed by atoms with Crippen molar-refractivity contribution in [2.24, 2.45) is 0 Å². The van der Waals surface area contributed by atoms with Gasteiger partial charge in [0.2, 0.25) is 0 Å². The molecule has 0 unspecified atom stereocenters. The van der Waals surface area contributed by atoms with Crippen LogP contribution in [0.5, 0.6) is 0 Å². The zero-order valence-electron chi connectivity index (χ0n) is 10.1. The molecular formula is C11H16FNO4. The summed E-state index contributed by atoms with van der Waals surface area (Å²) in [4.78, 5) is 23.4. The molecule has 0 aromatic heterocycles. The van der Waals surface area contributed by atoms with E-state index in [1.54, 1.807) is 20.8 Å². The maximum absolute atomic E-state index is 13.4. The zero-order chi connectivity index (χ0) is 13.2.